The van der Waals surface area contributed by atoms with Crippen LogP contribution in [-0.2, 0) is 28.8 Å². The number of aliphatic imine (C=N–C) groups is 1. The maximum atomic E-state index is 13.0. The Labute approximate surface area is 212 Å². The maximum absolute atomic E-state index is 13.0. The van der Waals surface area contributed by atoms with E-state index in [9.17, 15) is 33.9 Å². The molecule has 0 radical (unpaired) electrons. The third-order valence-electron chi connectivity index (χ3n) is 4.88. The smallest absolute Gasteiger partial charge is 0.326 e. The molecular weight excluding hydrogens is 496 g/mol. The third-order valence-corrected chi connectivity index (χ3v) is 4.88. The topological polar surface area (TPSA) is 316 Å². The summed E-state index contributed by atoms with van der Waals surface area (Å²) < 4.78 is 0. The van der Waals surface area contributed by atoms with Gasteiger partial charge >= 0.3 is 17.9 Å². The van der Waals surface area contributed by atoms with Crippen LogP contribution in [-0.4, -0.2) is 94.2 Å². The van der Waals surface area contributed by atoms with Gasteiger partial charge in [-0.3, -0.25) is 29.0 Å². The van der Waals surface area contributed by atoms with Crippen LogP contribution in [0.3, 0.4) is 0 Å². The van der Waals surface area contributed by atoms with E-state index >= 15 is 0 Å². The van der Waals surface area contributed by atoms with Crippen molar-refractivity contribution in [2.75, 3.05) is 13.1 Å². The summed E-state index contributed by atoms with van der Waals surface area (Å²) >= 11 is 0. The lowest BCUT2D eigenvalue weighted by Crippen LogP contribution is -2.57. The number of nitrogens with one attached hydrogen (secondary N) is 3. The molecule has 0 saturated heterocycles. The Kier molecular flexibility index (Phi) is 15.6. The van der Waals surface area contributed by atoms with E-state index < -0.39 is 72.6 Å². The summed E-state index contributed by atoms with van der Waals surface area (Å²) in [5.41, 5.74) is 21.5. The lowest BCUT2D eigenvalue weighted by Gasteiger charge is -2.25. The van der Waals surface area contributed by atoms with Crippen molar-refractivity contribution >= 4 is 41.6 Å². The number of hydrogen-bond donors (Lipinski definition) is 10. The van der Waals surface area contributed by atoms with Gasteiger partial charge in [-0.25, -0.2) is 4.79 Å². The molecule has 0 aromatic rings. The molecule has 0 bridgehead atoms. The number of rotatable bonds is 19. The van der Waals surface area contributed by atoms with Crippen LogP contribution in [0.25, 0.3) is 0 Å². The molecule has 0 aliphatic rings. The zero-order valence-electron chi connectivity index (χ0n) is 20.2. The van der Waals surface area contributed by atoms with E-state index in [1.807, 2.05) is 0 Å². The first-order chi connectivity index (χ1) is 17.3. The average molecular weight is 533 g/mol. The zero-order chi connectivity index (χ0) is 28.5. The molecule has 0 aliphatic carbocycles. The van der Waals surface area contributed by atoms with Gasteiger partial charge in [-0.05, 0) is 38.6 Å². The number of unbranched alkanes of at least 4 members (excludes halogenated alkanes) is 1. The number of guanidine groups is 1. The molecule has 0 saturated carbocycles. The second kappa shape index (κ2) is 17.4. The minimum Gasteiger partial charge on any atom is -0.481 e. The Morgan fingerprint density at radius 2 is 1.19 bits per heavy atom. The summed E-state index contributed by atoms with van der Waals surface area (Å²) in [6.07, 6.45) is -0.554. The van der Waals surface area contributed by atoms with Crippen molar-refractivity contribution in [2.24, 2.45) is 27.9 Å². The van der Waals surface area contributed by atoms with E-state index in [-0.39, 0.29) is 38.3 Å². The molecule has 4 unspecified atom stereocenters. The monoisotopic (exact) mass is 532 g/mol. The number of carboxylic acids is 3. The van der Waals surface area contributed by atoms with E-state index in [1.54, 1.807) is 0 Å². The van der Waals surface area contributed by atoms with E-state index in [4.69, 9.17) is 33.1 Å². The molecule has 3 amide bonds. The van der Waals surface area contributed by atoms with E-state index in [0.29, 0.717) is 12.8 Å². The van der Waals surface area contributed by atoms with Crippen molar-refractivity contribution in [3.05, 3.63) is 0 Å². The number of hydrogen-bond acceptors (Lipinski definition) is 9. The van der Waals surface area contributed by atoms with Crippen molar-refractivity contribution < 1.29 is 44.1 Å². The molecule has 14 N–H and O–H groups in total. The fourth-order valence-electron chi connectivity index (χ4n) is 3.01. The normalized spacial score (nSPS) is 13.8. The second-order valence-electron chi connectivity index (χ2n) is 8.06. The van der Waals surface area contributed by atoms with Gasteiger partial charge in [-0.2, -0.15) is 0 Å². The molecule has 0 aromatic heterocycles. The number of nitrogens with two attached hydrogens (primary N) is 4. The first kappa shape index (κ1) is 33.0. The number of carbonyl (C=O) groups is 6. The lowest BCUT2D eigenvalue weighted by atomic mass is 10.0. The summed E-state index contributed by atoms with van der Waals surface area (Å²) in [5, 5.41) is 33.8. The zero-order valence-corrected chi connectivity index (χ0v) is 20.2. The highest BCUT2D eigenvalue weighted by atomic mass is 16.4. The minimum atomic E-state index is -1.75. The first-order valence-electron chi connectivity index (χ1n) is 11.4. The van der Waals surface area contributed by atoms with Crippen LogP contribution in [0.2, 0.25) is 0 Å². The van der Waals surface area contributed by atoms with Crippen LogP contribution in [0.4, 0.5) is 0 Å². The largest absolute Gasteiger partial charge is 0.481 e. The van der Waals surface area contributed by atoms with Crippen molar-refractivity contribution in [2.45, 2.75) is 69.1 Å². The summed E-state index contributed by atoms with van der Waals surface area (Å²) in [6, 6.07) is -5.77. The SMILES string of the molecule is NCCCCC(NC(=O)C(CCCN=C(N)N)NC(=O)C(N)CC(=O)O)C(=O)NC(CC(=O)O)C(=O)O. The number of aliphatic carboxylic acids is 3. The molecule has 4 atom stereocenters. The van der Waals surface area contributed by atoms with Crippen molar-refractivity contribution in [3.63, 3.8) is 0 Å². The van der Waals surface area contributed by atoms with Gasteiger partial charge in [0.2, 0.25) is 17.7 Å². The Morgan fingerprint density at radius 1 is 0.703 bits per heavy atom. The summed E-state index contributed by atoms with van der Waals surface area (Å²) in [5.74, 6) is -7.30. The Balaban J connectivity index is 5.67. The average Bonchev–Trinajstić information content (AvgIpc) is 2.78. The quantitative estimate of drug-likeness (QED) is 0.0431. The van der Waals surface area contributed by atoms with Crippen molar-refractivity contribution in [1.82, 2.24) is 16.0 Å². The lowest BCUT2D eigenvalue weighted by molar-refractivity contribution is -0.147. The fraction of sp³-hybridized carbons (Fsp3) is 0.650. The first-order valence-corrected chi connectivity index (χ1v) is 11.4. The molecule has 0 aromatic carbocycles. The number of nitrogens with zero attached hydrogens (tertiary/aromatic N) is 1. The molecule has 210 valence electrons. The van der Waals surface area contributed by atoms with Crippen LogP contribution in [0.15, 0.2) is 4.99 Å². The highest BCUT2D eigenvalue weighted by Gasteiger charge is 2.31. The van der Waals surface area contributed by atoms with Gasteiger partial charge in [0.05, 0.1) is 18.9 Å². The predicted molar refractivity (Wildman–Crippen MR) is 129 cm³/mol. The molecule has 0 aliphatic heterocycles. The van der Waals surface area contributed by atoms with Crippen LogP contribution in [0.5, 0.6) is 0 Å². The summed E-state index contributed by atoms with van der Waals surface area (Å²) in [4.78, 5) is 75.0. The third kappa shape index (κ3) is 14.9. The van der Waals surface area contributed by atoms with E-state index in [1.165, 1.54) is 0 Å². The van der Waals surface area contributed by atoms with Gasteiger partial charge in [-0.15, -0.1) is 0 Å². The van der Waals surface area contributed by atoms with Gasteiger partial charge < -0.3 is 54.2 Å². The molecule has 17 nitrogen and oxygen atoms in total. The van der Waals surface area contributed by atoms with Gasteiger partial charge in [-0.1, -0.05) is 0 Å². The van der Waals surface area contributed by atoms with Gasteiger partial charge in [0.25, 0.3) is 0 Å². The molecule has 0 rings (SSSR count). The number of carbonyl (C=O) groups excluding carboxylic acids is 3. The van der Waals surface area contributed by atoms with Gasteiger partial charge in [0.15, 0.2) is 5.96 Å². The standard InChI is InChI=1S/C20H36N8O9/c21-6-2-1-4-11(18(35)28-13(19(36)37)9-15(31)32)27-17(34)12(5-3-7-25-20(23)24)26-16(33)10(22)8-14(29)30/h10-13H,1-9,21-22H2,(H,26,33)(H,27,34)(H,28,35)(H,29,30)(H,31,32)(H,36,37)(H4,23,24,25). The molecular formula is C20H36N8O9. The van der Waals surface area contributed by atoms with Crippen molar-refractivity contribution in [3.8, 4) is 0 Å². The van der Waals surface area contributed by atoms with Crippen LogP contribution in [0, 0.1) is 0 Å². The number of amides is 3. The highest BCUT2D eigenvalue weighted by molar-refractivity contribution is 5.95. The van der Waals surface area contributed by atoms with Gasteiger partial charge in [0.1, 0.15) is 18.1 Å². The minimum absolute atomic E-state index is 0.0257. The molecule has 0 spiro atoms. The molecule has 17 heteroatoms. The van der Waals surface area contributed by atoms with Crippen LogP contribution in [0.1, 0.15) is 44.9 Å². The highest BCUT2D eigenvalue weighted by Crippen LogP contribution is 2.06. The molecule has 0 fully saturated rings. The van der Waals surface area contributed by atoms with Crippen molar-refractivity contribution in [1.29, 1.82) is 0 Å². The second-order valence-corrected chi connectivity index (χ2v) is 8.06. The predicted octanol–water partition coefficient (Wildman–Crippen LogP) is -4.02. The summed E-state index contributed by atoms with van der Waals surface area (Å²) in [7, 11) is 0. The summed E-state index contributed by atoms with van der Waals surface area (Å²) in [6.45, 7) is 0.378. The Bertz CT molecular complexity index is 848. The van der Waals surface area contributed by atoms with Gasteiger partial charge in [0, 0.05) is 6.54 Å². The fourth-order valence-corrected chi connectivity index (χ4v) is 3.01. The van der Waals surface area contributed by atoms with E-state index in [0.717, 1.165) is 0 Å². The van der Waals surface area contributed by atoms with Crippen LogP contribution >= 0.6 is 0 Å². The van der Waals surface area contributed by atoms with E-state index in [2.05, 4.69) is 20.9 Å². The number of carboxylic acid groups (broad SMARTS) is 3. The Hall–Kier alpha value is -3.99. The Morgan fingerprint density at radius 3 is 1.65 bits per heavy atom. The molecule has 0 heterocycles. The maximum Gasteiger partial charge on any atom is 0.326 e. The molecule has 37 heavy (non-hydrogen) atoms. The van der Waals surface area contributed by atoms with Crippen LogP contribution < -0.4 is 38.9 Å².